The molecule has 2 aromatic heterocycles. The van der Waals surface area contributed by atoms with Gasteiger partial charge in [0.05, 0.1) is 96.5 Å². The molecule has 3 heterocycles. The van der Waals surface area contributed by atoms with E-state index >= 15 is 0 Å². The first-order valence-corrected chi connectivity index (χ1v) is 44.9. The Morgan fingerprint density at radius 1 is 0.545 bits per heavy atom. The molecule has 3 saturated carbocycles. The van der Waals surface area contributed by atoms with Crippen LogP contribution >= 0.6 is 22.3 Å². The van der Waals surface area contributed by atoms with Gasteiger partial charge in [0.15, 0.2) is 0 Å². The largest absolute Gasteiger partial charge is 0.496 e. The molecule has 0 bridgehead atoms. The van der Waals surface area contributed by atoms with Gasteiger partial charge in [0, 0.05) is 113 Å². The quantitative estimate of drug-likeness (QED) is 0.00910. The molecule has 4 aliphatic rings. The lowest BCUT2D eigenvalue weighted by atomic mass is 9.68. The van der Waals surface area contributed by atoms with Crippen molar-refractivity contribution >= 4 is 81.8 Å². The average Bonchev–Trinajstić information content (AvgIpc) is 1.09. The SMILES string of the molecule is CC#N.COc1ccccc1C(=O)NCC1(c2ccccc2OC)CCC(N)CC1.COc1ccccc1C(=O)NCC1(c2ccccc2OC)CCC(NS(=O)(=O)N2CCOC2=O)CC1.COc1ccccc1C(=O)NCC1(c2ccccc2OC)CCC(NS(=O)(=O)NCc2ccccn2)CC1.NCc1ccccn1.O=C=NS(=O)(=O)Cl.OCCCl. The molecule has 6 aromatic carbocycles. The Labute approximate surface area is 729 Å². The summed E-state index contributed by atoms with van der Waals surface area (Å²) in [5.41, 5.74) is 16.5. The molecular weight excluding hydrogens is 1690 g/mol. The zero-order valence-electron chi connectivity index (χ0n) is 69.7. The van der Waals surface area contributed by atoms with Crippen LogP contribution < -0.4 is 70.0 Å². The van der Waals surface area contributed by atoms with Gasteiger partial charge in [-0.05, 0) is 156 Å². The number of aromatic nitrogens is 2. The first-order chi connectivity index (χ1) is 59.1. The normalized spacial score (nSPS) is 18.8. The number of aliphatic hydroxyl groups is 1. The molecule has 123 heavy (non-hydrogen) atoms. The molecule has 0 spiro atoms. The molecule has 1 aliphatic heterocycles. The number of hydrogen-bond acceptors (Lipinski definition) is 24. The Kier molecular flexibility index (Phi) is 42.1. The maximum Gasteiger partial charge on any atom is 0.424 e. The predicted molar refractivity (Wildman–Crippen MR) is 468 cm³/mol. The van der Waals surface area contributed by atoms with E-state index in [0.29, 0.717) is 129 Å². The summed E-state index contributed by atoms with van der Waals surface area (Å²) in [4.78, 5) is 67.9. The minimum absolute atomic E-state index is 0.00101. The number of nitrogens with one attached hydrogen (secondary N) is 6. The molecule has 11 N–H and O–H groups in total. The number of pyridine rings is 2. The zero-order valence-corrected chi connectivity index (χ0v) is 73.7. The second-order valence-corrected chi connectivity index (χ2v) is 34.0. The minimum Gasteiger partial charge on any atom is -0.496 e. The summed E-state index contributed by atoms with van der Waals surface area (Å²) in [6.45, 7) is 3.46. The van der Waals surface area contributed by atoms with Crippen LogP contribution in [0.15, 0.2) is 199 Å². The lowest BCUT2D eigenvalue weighted by molar-refractivity contribution is 0.0923. The number of carbonyl (C=O) groups excluding carboxylic acids is 5. The topological polar surface area (TPSA) is 462 Å². The summed E-state index contributed by atoms with van der Waals surface area (Å²) < 4.78 is 119. The summed E-state index contributed by atoms with van der Waals surface area (Å²) in [5.74, 6) is 3.63. The van der Waals surface area contributed by atoms with Crippen LogP contribution in [-0.4, -0.2) is 181 Å². The molecule has 37 heteroatoms. The number of nitrogens with two attached hydrogens (primary N) is 2. The lowest BCUT2D eigenvalue weighted by Crippen LogP contribution is -2.50. The van der Waals surface area contributed by atoms with Crippen molar-refractivity contribution in [3.05, 3.63) is 239 Å². The van der Waals surface area contributed by atoms with Crippen LogP contribution in [0, 0.1) is 11.3 Å². The first-order valence-electron chi connectivity index (χ1n) is 39.2. The van der Waals surface area contributed by atoms with Crippen molar-refractivity contribution < 1.29 is 87.5 Å². The molecule has 0 radical (unpaired) electrons. The second kappa shape index (κ2) is 51.3. The second-order valence-electron chi connectivity index (χ2n) is 28.3. The van der Waals surface area contributed by atoms with Crippen molar-refractivity contribution in [2.24, 2.45) is 15.9 Å². The Bertz CT molecular complexity index is 5090. The number of methoxy groups -OCH3 is 6. The van der Waals surface area contributed by atoms with Crippen LogP contribution in [0.25, 0.3) is 0 Å². The highest BCUT2D eigenvalue weighted by molar-refractivity contribution is 8.12. The molecular formula is C86H109Cl2N13O19S3. The maximum atomic E-state index is 13.1. The van der Waals surface area contributed by atoms with Gasteiger partial charge in [0.1, 0.15) is 41.1 Å². The highest BCUT2D eigenvalue weighted by atomic mass is 35.7. The van der Waals surface area contributed by atoms with Gasteiger partial charge in [-0.1, -0.05) is 108 Å². The number of ether oxygens (including phenoxy) is 7. The summed E-state index contributed by atoms with van der Waals surface area (Å²) in [6.07, 6.45) is 11.7. The highest BCUT2D eigenvalue weighted by Crippen LogP contribution is 2.46. The van der Waals surface area contributed by atoms with Gasteiger partial charge < -0.3 is 65.7 Å². The van der Waals surface area contributed by atoms with E-state index in [1.165, 1.54) is 21.1 Å². The van der Waals surface area contributed by atoms with Crippen molar-refractivity contribution in [3.8, 4) is 40.6 Å². The van der Waals surface area contributed by atoms with Gasteiger partial charge in [-0.15, -0.1) is 11.6 Å². The van der Waals surface area contributed by atoms with Crippen LogP contribution in [0.2, 0.25) is 0 Å². The Morgan fingerprint density at radius 3 is 1.16 bits per heavy atom. The van der Waals surface area contributed by atoms with Gasteiger partial charge in [0.2, 0.25) is 0 Å². The number of rotatable bonds is 29. The van der Waals surface area contributed by atoms with Gasteiger partial charge >= 0.3 is 25.5 Å². The molecule has 32 nitrogen and oxygen atoms in total. The van der Waals surface area contributed by atoms with Crippen LogP contribution in [0.4, 0.5) is 4.79 Å². The number of amides is 4. The molecule has 4 amide bonds. The Morgan fingerprint density at radius 2 is 0.870 bits per heavy atom. The maximum absolute atomic E-state index is 13.1. The third kappa shape index (κ3) is 31.2. The third-order valence-electron chi connectivity index (χ3n) is 20.7. The first kappa shape index (κ1) is 101. The fourth-order valence-corrected chi connectivity index (χ4v) is 17.2. The van der Waals surface area contributed by atoms with Crippen LogP contribution in [0.3, 0.4) is 0 Å². The van der Waals surface area contributed by atoms with E-state index in [1.54, 1.807) is 114 Å². The van der Waals surface area contributed by atoms with E-state index in [0.717, 1.165) is 70.0 Å². The number of nitriles is 1. The lowest BCUT2D eigenvalue weighted by Gasteiger charge is -2.41. The number of alkyl halides is 1. The summed E-state index contributed by atoms with van der Waals surface area (Å²) in [5, 5.41) is 24.4. The number of isocyanates is 1. The van der Waals surface area contributed by atoms with E-state index in [9.17, 15) is 44.4 Å². The number of halogens is 2. The van der Waals surface area contributed by atoms with Crippen LogP contribution in [0.1, 0.15) is 143 Å². The molecule has 0 unspecified atom stereocenters. The number of para-hydroxylation sites is 6. The van der Waals surface area contributed by atoms with E-state index in [2.05, 4.69) is 61.2 Å². The van der Waals surface area contributed by atoms with Crippen molar-refractivity contribution in [2.45, 2.75) is 131 Å². The van der Waals surface area contributed by atoms with Crippen molar-refractivity contribution in [1.82, 2.24) is 44.4 Å². The standard InChI is InChI=1S/C28H34N4O5S.C25H31N3O7S.C22H28N2O3.C6H8N2.C2H5ClO.C2H3N.CClNO3S/c1-36-25-12-5-3-10-23(25)27(33)30-20-28(24-11-4-6-13-26(24)37-2)16-14-21(15-17-28)32-38(34,35)31-19-22-9-7-8-18-29-22;1-33-21-9-5-3-7-19(21)23(29)26-17-25(20-8-4-6-10-22(20)34-2)13-11-18(12-14-25)27-36(31,32)28-15-16-35-24(28)30;1-26-19-9-5-3-7-17(19)21(25)24-15-22(13-11-16(23)12-14-22)18-8-4-6-10-20(18)27-2;7-5-6-3-1-2-4-8-6;3-1-2-4;1-2-3;2-7(5,6)3-1-4/h3-13,18,21,31-32H,14-17,19-20H2,1-2H3,(H,30,33);3-10,18,27H,11-17H2,1-2H3,(H,26,29);3-10,16H,11-15,23H2,1-2H3,(H,24,25);1-4H,5,7H2;4H,1-2H2;1H3;. The smallest absolute Gasteiger partial charge is 0.424 e. The minimum atomic E-state index is -4.00. The fourth-order valence-electron chi connectivity index (χ4n) is 14.5. The van der Waals surface area contributed by atoms with Gasteiger partial charge in [0.25, 0.3) is 34.0 Å². The molecule has 3 aliphatic carbocycles. The number of carbonyl (C=O) groups is 4. The number of benzene rings is 6. The van der Waals surface area contributed by atoms with E-state index in [1.807, 2.05) is 109 Å². The molecule has 1 saturated heterocycles. The van der Waals surface area contributed by atoms with Gasteiger partial charge in [-0.2, -0.15) is 49.0 Å². The summed E-state index contributed by atoms with van der Waals surface area (Å²) >= 11 is 4.94. The van der Waals surface area contributed by atoms with E-state index < -0.39 is 46.6 Å². The monoisotopic (exact) mass is 1790 g/mol. The zero-order chi connectivity index (χ0) is 89.9. The van der Waals surface area contributed by atoms with Crippen molar-refractivity contribution in [1.29, 1.82) is 5.26 Å². The highest BCUT2D eigenvalue weighted by Gasteiger charge is 2.44. The van der Waals surface area contributed by atoms with Crippen LogP contribution in [0.5, 0.6) is 34.5 Å². The number of nitrogens with zero attached hydrogens (tertiary/aromatic N) is 5. The fraction of sp³-hybridized carbons (Fsp3) is 0.395. The Hall–Kier alpha value is -10.8. The molecule has 0 atom stereocenters. The predicted octanol–water partition coefficient (Wildman–Crippen LogP) is 10.3. The molecule has 4 fully saturated rings. The molecule has 8 aromatic rings. The van der Waals surface area contributed by atoms with Crippen LogP contribution in [-0.2, 0) is 68.5 Å². The number of cyclic esters (lactones) is 1. The van der Waals surface area contributed by atoms with Gasteiger partial charge in [-0.3, -0.25) is 24.4 Å². The third-order valence-corrected chi connectivity index (χ3v) is 24.1. The summed E-state index contributed by atoms with van der Waals surface area (Å²) in [6, 6.07) is 57.4. The van der Waals surface area contributed by atoms with Crippen molar-refractivity contribution in [3.63, 3.8) is 0 Å². The number of hydrogen-bond donors (Lipinski definition) is 9. The van der Waals surface area contributed by atoms with Crippen molar-refractivity contribution in [2.75, 3.05) is 87.9 Å². The van der Waals surface area contributed by atoms with E-state index in [4.69, 9.17) is 71.4 Å². The summed E-state index contributed by atoms with van der Waals surface area (Å²) in [7, 11) is 2.23. The van der Waals surface area contributed by atoms with Gasteiger partial charge in [-0.25, -0.2) is 9.59 Å². The molecule has 664 valence electrons. The Balaban J connectivity index is 0.000000255. The average molecular weight is 1800 g/mol. The number of aliphatic hydroxyl groups excluding tert-OH is 1. The van der Waals surface area contributed by atoms with E-state index in [-0.39, 0.29) is 67.6 Å². The molecule has 12 rings (SSSR count).